The van der Waals surface area contributed by atoms with Gasteiger partial charge in [-0.15, -0.1) is 12.4 Å². The van der Waals surface area contributed by atoms with E-state index in [2.05, 4.69) is 10.6 Å². The Morgan fingerprint density at radius 2 is 1.77 bits per heavy atom. The van der Waals surface area contributed by atoms with E-state index in [4.69, 9.17) is 5.73 Å². The molecule has 0 saturated carbocycles. The van der Waals surface area contributed by atoms with Crippen LogP contribution in [0.3, 0.4) is 0 Å². The molecule has 0 aliphatic rings. The fraction of sp³-hybridized carbons (Fsp3) is 0.500. The average molecular weight is 328 g/mol. The third-order valence-corrected chi connectivity index (χ3v) is 3.19. The second-order valence-corrected chi connectivity index (χ2v) is 5.21. The van der Waals surface area contributed by atoms with E-state index >= 15 is 0 Å². The predicted octanol–water partition coefficient (Wildman–Crippen LogP) is 3.22. The lowest BCUT2D eigenvalue weighted by Gasteiger charge is -2.10. The molecule has 1 aromatic carbocycles. The molecule has 6 heteroatoms. The first kappa shape index (κ1) is 20.4. The Kier molecular flexibility index (Phi) is 10.2. The quantitative estimate of drug-likeness (QED) is 0.641. The number of anilines is 2. The van der Waals surface area contributed by atoms with Gasteiger partial charge in [0.15, 0.2) is 0 Å². The molecule has 0 aliphatic heterocycles. The second kappa shape index (κ2) is 11.0. The number of halogens is 1. The molecule has 0 unspecified atom stereocenters. The van der Waals surface area contributed by atoms with Gasteiger partial charge in [-0.25, -0.2) is 0 Å². The molecule has 1 rings (SSSR count). The van der Waals surface area contributed by atoms with E-state index in [0.717, 1.165) is 36.9 Å². The first-order valence-electron chi connectivity index (χ1n) is 7.41. The van der Waals surface area contributed by atoms with Gasteiger partial charge in [0.05, 0.1) is 0 Å². The molecule has 0 aliphatic carbocycles. The van der Waals surface area contributed by atoms with Crippen LogP contribution in [-0.2, 0) is 9.59 Å². The number of nitrogens with one attached hydrogen (secondary N) is 2. The third kappa shape index (κ3) is 8.00. The van der Waals surface area contributed by atoms with Gasteiger partial charge < -0.3 is 16.4 Å². The summed E-state index contributed by atoms with van der Waals surface area (Å²) in [5.74, 6) is -0.123. The lowest BCUT2D eigenvalue weighted by Crippen LogP contribution is -2.12. The van der Waals surface area contributed by atoms with Crippen LogP contribution in [-0.4, -0.2) is 18.4 Å². The molecule has 0 saturated heterocycles. The highest BCUT2D eigenvalue weighted by molar-refractivity contribution is 5.93. The summed E-state index contributed by atoms with van der Waals surface area (Å²) in [7, 11) is 0. The van der Waals surface area contributed by atoms with E-state index < -0.39 is 0 Å². The molecule has 0 aromatic heterocycles. The number of unbranched alkanes of at least 4 members (excludes halogenated alkanes) is 3. The minimum Gasteiger partial charge on any atom is -0.330 e. The first-order chi connectivity index (χ1) is 10.0. The number of carbonyl (C=O) groups excluding carboxylic acids is 2. The van der Waals surface area contributed by atoms with E-state index in [1.807, 2.05) is 19.1 Å². The Bertz CT molecular complexity index is 492. The number of aryl methyl sites for hydroxylation is 1. The van der Waals surface area contributed by atoms with Crippen LogP contribution in [0.15, 0.2) is 18.2 Å². The van der Waals surface area contributed by atoms with Crippen LogP contribution in [0.5, 0.6) is 0 Å². The van der Waals surface area contributed by atoms with Crippen molar-refractivity contribution in [1.82, 2.24) is 0 Å². The lowest BCUT2D eigenvalue weighted by molar-refractivity contribution is -0.116. The monoisotopic (exact) mass is 327 g/mol. The molecule has 4 N–H and O–H groups in total. The molecular weight excluding hydrogens is 302 g/mol. The zero-order valence-corrected chi connectivity index (χ0v) is 14.1. The van der Waals surface area contributed by atoms with Crippen LogP contribution in [0.2, 0.25) is 0 Å². The molecule has 0 spiro atoms. The zero-order chi connectivity index (χ0) is 15.7. The maximum absolute atomic E-state index is 11.8. The maximum Gasteiger partial charge on any atom is 0.224 e. The Morgan fingerprint density at radius 3 is 2.41 bits per heavy atom. The molecule has 0 radical (unpaired) electrons. The maximum atomic E-state index is 11.8. The van der Waals surface area contributed by atoms with E-state index in [-0.39, 0.29) is 24.2 Å². The standard InChI is InChI=1S/C16H25N3O2.ClH/c1-12-8-9-14(11-15(12)18-13(2)20)19-16(21)7-5-3-4-6-10-17;/h8-9,11H,3-7,10,17H2,1-2H3,(H,18,20)(H,19,21);1H. The molecule has 5 nitrogen and oxygen atoms in total. The largest absolute Gasteiger partial charge is 0.330 e. The zero-order valence-electron chi connectivity index (χ0n) is 13.3. The molecule has 22 heavy (non-hydrogen) atoms. The average Bonchev–Trinajstić information content (AvgIpc) is 2.42. The Hall–Kier alpha value is -1.59. The molecular formula is C16H26ClN3O2. The highest BCUT2D eigenvalue weighted by Gasteiger charge is 2.05. The Morgan fingerprint density at radius 1 is 1.09 bits per heavy atom. The van der Waals surface area contributed by atoms with E-state index in [1.54, 1.807) is 6.07 Å². The molecule has 124 valence electrons. The van der Waals surface area contributed by atoms with Crippen LogP contribution >= 0.6 is 12.4 Å². The predicted molar refractivity (Wildman–Crippen MR) is 93.5 cm³/mol. The van der Waals surface area contributed by atoms with Crippen LogP contribution < -0.4 is 16.4 Å². The van der Waals surface area contributed by atoms with E-state index in [1.165, 1.54) is 6.92 Å². The van der Waals surface area contributed by atoms with Crippen molar-refractivity contribution < 1.29 is 9.59 Å². The van der Waals surface area contributed by atoms with Gasteiger partial charge in [0, 0.05) is 24.7 Å². The summed E-state index contributed by atoms with van der Waals surface area (Å²) in [6, 6.07) is 5.50. The molecule has 0 fully saturated rings. The van der Waals surface area contributed by atoms with Crippen LogP contribution in [0.4, 0.5) is 11.4 Å². The minimum atomic E-state index is -0.124. The second-order valence-electron chi connectivity index (χ2n) is 5.21. The SMILES string of the molecule is CC(=O)Nc1cc(NC(=O)CCCCCCN)ccc1C.Cl. The van der Waals surface area contributed by atoms with Gasteiger partial charge in [-0.2, -0.15) is 0 Å². The van der Waals surface area contributed by atoms with Crippen molar-refractivity contribution in [2.75, 3.05) is 17.2 Å². The van der Waals surface area contributed by atoms with E-state index in [9.17, 15) is 9.59 Å². The summed E-state index contributed by atoms with van der Waals surface area (Å²) in [5, 5.41) is 5.61. The highest BCUT2D eigenvalue weighted by Crippen LogP contribution is 2.20. The topological polar surface area (TPSA) is 84.2 Å². The smallest absolute Gasteiger partial charge is 0.224 e. The number of nitrogens with two attached hydrogens (primary N) is 1. The molecule has 1 aromatic rings. The fourth-order valence-electron chi connectivity index (χ4n) is 2.03. The van der Waals surface area contributed by atoms with Gasteiger partial charge in [0.1, 0.15) is 0 Å². The summed E-state index contributed by atoms with van der Waals surface area (Å²) < 4.78 is 0. The van der Waals surface area contributed by atoms with Crippen molar-refractivity contribution >= 4 is 35.6 Å². The minimum absolute atomic E-state index is 0. The van der Waals surface area contributed by atoms with Gasteiger partial charge in [0.2, 0.25) is 11.8 Å². The molecule has 0 atom stereocenters. The number of amides is 2. The summed E-state index contributed by atoms with van der Waals surface area (Å²) in [4.78, 5) is 23.0. The normalized spacial score (nSPS) is 9.77. The van der Waals surface area contributed by atoms with Crippen molar-refractivity contribution in [1.29, 1.82) is 0 Å². The van der Waals surface area contributed by atoms with Crippen LogP contribution in [0, 0.1) is 6.92 Å². The number of hydrogen-bond acceptors (Lipinski definition) is 3. The van der Waals surface area contributed by atoms with Gasteiger partial charge in [0.25, 0.3) is 0 Å². The highest BCUT2D eigenvalue weighted by atomic mass is 35.5. The van der Waals surface area contributed by atoms with Crippen molar-refractivity contribution in [2.24, 2.45) is 5.73 Å². The Balaban J connectivity index is 0.00000441. The molecule has 0 heterocycles. The van der Waals surface area contributed by atoms with Crippen molar-refractivity contribution in [3.8, 4) is 0 Å². The molecule has 2 amide bonds. The van der Waals surface area contributed by atoms with Crippen molar-refractivity contribution in [3.63, 3.8) is 0 Å². The van der Waals surface area contributed by atoms with Crippen LogP contribution in [0.25, 0.3) is 0 Å². The summed E-state index contributed by atoms with van der Waals surface area (Å²) in [6.45, 7) is 4.09. The van der Waals surface area contributed by atoms with Crippen molar-refractivity contribution in [3.05, 3.63) is 23.8 Å². The number of hydrogen-bond donors (Lipinski definition) is 3. The Labute approximate surface area is 138 Å². The molecule has 0 bridgehead atoms. The van der Waals surface area contributed by atoms with Gasteiger partial charge in [-0.05, 0) is 44.0 Å². The van der Waals surface area contributed by atoms with Gasteiger partial charge >= 0.3 is 0 Å². The van der Waals surface area contributed by atoms with Crippen molar-refractivity contribution in [2.45, 2.75) is 46.0 Å². The van der Waals surface area contributed by atoms with Crippen LogP contribution in [0.1, 0.15) is 44.6 Å². The number of carbonyl (C=O) groups is 2. The van der Waals surface area contributed by atoms with Gasteiger partial charge in [-0.1, -0.05) is 18.9 Å². The number of rotatable bonds is 8. The summed E-state index contributed by atoms with van der Waals surface area (Å²) in [5.41, 5.74) is 7.82. The number of benzene rings is 1. The first-order valence-corrected chi connectivity index (χ1v) is 7.41. The van der Waals surface area contributed by atoms with E-state index in [0.29, 0.717) is 18.7 Å². The lowest BCUT2D eigenvalue weighted by atomic mass is 10.1. The fourth-order valence-corrected chi connectivity index (χ4v) is 2.03. The summed E-state index contributed by atoms with van der Waals surface area (Å²) >= 11 is 0. The van der Waals surface area contributed by atoms with Gasteiger partial charge in [-0.3, -0.25) is 9.59 Å². The summed E-state index contributed by atoms with van der Waals surface area (Å²) in [6.07, 6.45) is 4.49. The third-order valence-electron chi connectivity index (χ3n) is 3.19.